The number of ether oxygens (including phenoxy) is 3. The van der Waals surface area contributed by atoms with E-state index < -0.39 is 17.6 Å². The maximum Gasteiger partial charge on any atom is 0.311 e. The van der Waals surface area contributed by atoms with Gasteiger partial charge in [0, 0.05) is 12.5 Å². The number of allylic oxidation sites excluding steroid dienone is 2. The molecule has 27 heavy (non-hydrogen) atoms. The summed E-state index contributed by atoms with van der Waals surface area (Å²) in [5, 5.41) is 11.5. The Bertz CT molecular complexity index is 739. The van der Waals surface area contributed by atoms with Gasteiger partial charge in [0.2, 0.25) is 0 Å². The fourth-order valence-electron chi connectivity index (χ4n) is 7.46. The van der Waals surface area contributed by atoms with Crippen molar-refractivity contribution in [3.05, 3.63) is 23.8 Å². The van der Waals surface area contributed by atoms with E-state index in [4.69, 9.17) is 14.2 Å². The Morgan fingerprint density at radius 3 is 2.93 bits per heavy atom. The van der Waals surface area contributed by atoms with Crippen molar-refractivity contribution in [2.24, 2.45) is 28.1 Å². The summed E-state index contributed by atoms with van der Waals surface area (Å²) in [6, 6.07) is 0. The van der Waals surface area contributed by atoms with Crippen LogP contribution in [0.5, 0.6) is 0 Å². The molecule has 2 spiro atoms. The predicted molar refractivity (Wildman–Crippen MR) is 98.6 cm³/mol. The molecular formula is C22H30O5. The second-order valence-corrected chi connectivity index (χ2v) is 10.0. The van der Waals surface area contributed by atoms with E-state index in [0.717, 1.165) is 32.1 Å². The van der Waals surface area contributed by atoms with E-state index in [1.54, 1.807) is 7.11 Å². The summed E-state index contributed by atoms with van der Waals surface area (Å²) in [4.78, 5) is 13.1. The minimum absolute atomic E-state index is 0.176. The second kappa shape index (κ2) is 5.46. The van der Waals surface area contributed by atoms with Crippen LogP contribution in [0.25, 0.3) is 0 Å². The molecule has 148 valence electrons. The first-order valence-electron chi connectivity index (χ1n) is 10.2. The number of hydrogen-bond acceptors (Lipinski definition) is 5. The molecule has 3 saturated carbocycles. The number of aliphatic hydroxyl groups is 1. The summed E-state index contributed by atoms with van der Waals surface area (Å²) in [6.45, 7) is 8.80. The van der Waals surface area contributed by atoms with Crippen LogP contribution in [0, 0.1) is 28.1 Å². The lowest BCUT2D eigenvalue weighted by Crippen LogP contribution is -2.56. The zero-order chi connectivity index (χ0) is 19.2. The molecule has 0 unspecified atom stereocenters. The molecule has 1 N–H and O–H groups in total. The molecule has 2 bridgehead atoms. The van der Waals surface area contributed by atoms with E-state index in [9.17, 15) is 9.90 Å². The lowest BCUT2D eigenvalue weighted by atomic mass is 9.51. The number of aliphatic hydroxyl groups excluding tert-OH is 1. The van der Waals surface area contributed by atoms with Crippen molar-refractivity contribution in [1.29, 1.82) is 0 Å². The highest BCUT2D eigenvalue weighted by Gasteiger charge is 2.79. The molecule has 0 radical (unpaired) electrons. The van der Waals surface area contributed by atoms with Gasteiger partial charge in [0.15, 0.2) is 0 Å². The van der Waals surface area contributed by atoms with Gasteiger partial charge in [0.1, 0.15) is 19.0 Å². The molecule has 4 fully saturated rings. The van der Waals surface area contributed by atoms with Crippen molar-refractivity contribution in [3.8, 4) is 0 Å². The highest BCUT2D eigenvalue weighted by molar-refractivity contribution is 5.80. The monoisotopic (exact) mass is 374 g/mol. The first kappa shape index (κ1) is 17.9. The van der Waals surface area contributed by atoms with E-state index in [1.165, 1.54) is 11.1 Å². The van der Waals surface area contributed by atoms with E-state index in [1.807, 2.05) is 0 Å². The molecule has 1 saturated heterocycles. The normalized spacial score (nSPS) is 49.3. The standard InChI is InChI=1S/C22H30O5/c1-12-9-21-10-13(12)5-6-14(21)22-15(26-11-25-4)7-8-20(2,3)16(22)19(24)27-18(22)17(21)23/h6,13,15-18,23H,1,5,7-11H2,2-4H3/t13-,15+,16-,17-,18-,21+,22+/m1/s1. The van der Waals surface area contributed by atoms with Crippen LogP contribution in [-0.4, -0.2) is 43.3 Å². The summed E-state index contributed by atoms with van der Waals surface area (Å²) in [5.74, 6) is -0.0384. The number of rotatable bonds is 3. The molecule has 0 aromatic rings. The molecular weight excluding hydrogens is 344 g/mol. The zero-order valence-corrected chi connectivity index (χ0v) is 16.5. The third-order valence-electron chi connectivity index (χ3n) is 8.37. The van der Waals surface area contributed by atoms with Gasteiger partial charge in [-0.2, -0.15) is 0 Å². The molecule has 5 nitrogen and oxygen atoms in total. The van der Waals surface area contributed by atoms with Crippen LogP contribution in [0.4, 0.5) is 0 Å². The van der Waals surface area contributed by atoms with Crippen molar-refractivity contribution in [2.45, 2.75) is 64.3 Å². The van der Waals surface area contributed by atoms with Gasteiger partial charge in [-0.1, -0.05) is 37.6 Å². The molecule has 0 aromatic heterocycles. The average Bonchev–Trinajstić information content (AvgIpc) is 3.14. The Labute approximate surface area is 160 Å². The Morgan fingerprint density at radius 2 is 2.19 bits per heavy atom. The van der Waals surface area contributed by atoms with E-state index in [0.29, 0.717) is 5.92 Å². The van der Waals surface area contributed by atoms with Crippen LogP contribution in [0.15, 0.2) is 23.8 Å². The third kappa shape index (κ3) is 1.93. The van der Waals surface area contributed by atoms with Crippen molar-refractivity contribution in [2.75, 3.05) is 13.9 Å². The van der Waals surface area contributed by atoms with Crippen LogP contribution in [-0.2, 0) is 19.0 Å². The summed E-state index contributed by atoms with van der Waals surface area (Å²) in [6.07, 6.45) is 5.27. The molecule has 0 aromatic carbocycles. The summed E-state index contributed by atoms with van der Waals surface area (Å²) in [5.41, 5.74) is 1.31. The van der Waals surface area contributed by atoms with Gasteiger partial charge in [-0.15, -0.1) is 0 Å². The van der Waals surface area contributed by atoms with E-state index in [-0.39, 0.29) is 35.6 Å². The molecule has 1 heterocycles. The van der Waals surface area contributed by atoms with Gasteiger partial charge < -0.3 is 19.3 Å². The first-order chi connectivity index (χ1) is 12.8. The van der Waals surface area contributed by atoms with Crippen molar-refractivity contribution < 1.29 is 24.1 Å². The van der Waals surface area contributed by atoms with Crippen LogP contribution < -0.4 is 0 Å². The summed E-state index contributed by atoms with van der Waals surface area (Å²) >= 11 is 0. The number of methoxy groups -OCH3 is 1. The van der Waals surface area contributed by atoms with E-state index in [2.05, 4.69) is 26.5 Å². The van der Waals surface area contributed by atoms with Gasteiger partial charge in [-0.25, -0.2) is 0 Å². The first-order valence-corrected chi connectivity index (χ1v) is 10.2. The van der Waals surface area contributed by atoms with Crippen LogP contribution in [0.2, 0.25) is 0 Å². The maximum atomic E-state index is 13.1. The predicted octanol–water partition coefficient (Wildman–Crippen LogP) is 2.98. The lowest BCUT2D eigenvalue weighted by Gasteiger charge is -2.52. The average molecular weight is 374 g/mol. The zero-order valence-electron chi connectivity index (χ0n) is 16.5. The number of carbonyl (C=O) groups is 1. The smallest absolute Gasteiger partial charge is 0.311 e. The Balaban J connectivity index is 1.72. The second-order valence-electron chi connectivity index (χ2n) is 10.0. The number of carbonyl (C=O) groups excluding carboxylic acids is 1. The molecule has 5 rings (SSSR count). The number of hydrogen-bond donors (Lipinski definition) is 1. The lowest BCUT2D eigenvalue weighted by molar-refractivity contribution is -0.163. The highest BCUT2D eigenvalue weighted by Crippen LogP contribution is 2.75. The van der Waals surface area contributed by atoms with Crippen LogP contribution in [0.1, 0.15) is 46.0 Å². The number of fused-ring (bicyclic) bond motifs is 1. The summed E-state index contributed by atoms with van der Waals surface area (Å²) < 4.78 is 17.4. The van der Waals surface area contributed by atoms with Gasteiger partial charge in [-0.05, 0) is 43.4 Å². The third-order valence-corrected chi connectivity index (χ3v) is 8.37. The van der Waals surface area contributed by atoms with Crippen LogP contribution >= 0.6 is 0 Å². The highest BCUT2D eigenvalue weighted by atomic mass is 16.7. The largest absolute Gasteiger partial charge is 0.458 e. The minimum atomic E-state index is -0.692. The molecule has 0 amide bonds. The maximum absolute atomic E-state index is 13.1. The Morgan fingerprint density at radius 1 is 1.41 bits per heavy atom. The fraction of sp³-hybridized carbons (Fsp3) is 0.773. The van der Waals surface area contributed by atoms with Gasteiger partial charge in [0.05, 0.1) is 17.4 Å². The van der Waals surface area contributed by atoms with E-state index >= 15 is 0 Å². The quantitative estimate of drug-likeness (QED) is 0.467. The Hall–Kier alpha value is -1.17. The molecule has 5 heteroatoms. The van der Waals surface area contributed by atoms with Gasteiger partial charge in [-0.3, -0.25) is 4.79 Å². The fourth-order valence-corrected chi connectivity index (χ4v) is 7.46. The van der Waals surface area contributed by atoms with Crippen molar-refractivity contribution >= 4 is 5.97 Å². The molecule has 5 aliphatic rings. The summed E-state index contributed by atoms with van der Waals surface area (Å²) in [7, 11) is 1.62. The molecule has 1 aliphatic heterocycles. The molecule has 7 atom stereocenters. The molecule has 4 aliphatic carbocycles. The van der Waals surface area contributed by atoms with Gasteiger partial charge >= 0.3 is 5.97 Å². The van der Waals surface area contributed by atoms with Crippen molar-refractivity contribution in [3.63, 3.8) is 0 Å². The SMILES string of the molecule is C=C1C[C@]23C[C@H]1CC=C2[C@]12[C@@H](OCOC)CCC(C)(C)[C@H]1C(=O)O[C@@H]2[C@H]3O. The minimum Gasteiger partial charge on any atom is -0.458 e. The van der Waals surface area contributed by atoms with Crippen LogP contribution in [0.3, 0.4) is 0 Å². The number of esters is 1. The Kier molecular flexibility index (Phi) is 3.62. The topological polar surface area (TPSA) is 65.0 Å². The van der Waals surface area contributed by atoms with Gasteiger partial charge in [0.25, 0.3) is 0 Å². The van der Waals surface area contributed by atoms with Crippen molar-refractivity contribution in [1.82, 2.24) is 0 Å².